The maximum absolute atomic E-state index is 12.3. The first-order valence-electron chi connectivity index (χ1n) is 8.66. The van der Waals surface area contributed by atoms with Crippen molar-refractivity contribution in [1.82, 2.24) is 10.2 Å². The first-order chi connectivity index (χ1) is 11.8. The van der Waals surface area contributed by atoms with E-state index in [1.165, 1.54) is 0 Å². The van der Waals surface area contributed by atoms with Crippen LogP contribution in [0, 0.1) is 11.3 Å². The molecule has 1 N–H and O–H groups in total. The van der Waals surface area contributed by atoms with E-state index in [4.69, 9.17) is 10.00 Å². The average molecular weight is 328 g/mol. The molecule has 0 radical (unpaired) electrons. The molecule has 0 bridgehead atoms. The predicted octanol–water partition coefficient (Wildman–Crippen LogP) is 1.96. The highest BCUT2D eigenvalue weighted by atomic mass is 16.5. The molecule has 0 saturated carbocycles. The van der Waals surface area contributed by atoms with Gasteiger partial charge in [-0.1, -0.05) is 0 Å². The van der Waals surface area contributed by atoms with E-state index in [1.54, 1.807) is 0 Å². The number of anilines is 1. The summed E-state index contributed by atoms with van der Waals surface area (Å²) in [5.74, 6) is 0. The number of nitrogens with zero attached hydrogens (tertiary/aromatic N) is 3. The zero-order valence-corrected chi connectivity index (χ0v) is 13.9. The van der Waals surface area contributed by atoms with Crippen LogP contribution in [0.3, 0.4) is 0 Å². The highest BCUT2D eigenvalue weighted by Crippen LogP contribution is 2.17. The third-order valence-corrected chi connectivity index (χ3v) is 4.65. The van der Waals surface area contributed by atoms with Gasteiger partial charge in [0.25, 0.3) is 0 Å². The van der Waals surface area contributed by atoms with E-state index in [0.717, 1.165) is 51.2 Å². The Morgan fingerprint density at radius 2 is 2.04 bits per heavy atom. The SMILES string of the molecule is N#Cc1ccc(N2CCCN(C(=O)NC[C@@H]3CCCO3)CC2)cc1. The summed E-state index contributed by atoms with van der Waals surface area (Å²) in [4.78, 5) is 16.5. The standard InChI is InChI=1S/C18H24N4O2/c19-13-15-4-6-16(7-5-15)21-8-2-9-22(11-10-21)18(23)20-14-17-3-1-12-24-17/h4-7,17H,1-3,8-12,14H2,(H,20,23)/t17-/m0/s1. The van der Waals surface area contributed by atoms with Crippen molar-refractivity contribution in [3.63, 3.8) is 0 Å². The van der Waals surface area contributed by atoms with Crippen LogP contribution in [0.25, 0.3) is 0 Å². The lowest BCUT2D eigenvalue weighted by molar-refractivity contribution is 0.109. The molecule has 1 atom stereocenters. The highest BCUT2D eigenvalue weighted by Gasteiger charge is 2.21. The molecule has 2 aliphatic heterocycles. The number of amides is 2. The number of rotatable bonds is 3. The van der Waals surface area contributed by atoms with E-state index in [0.29, 0.717) is 18.7 Å². The van der Waals surface area contributed by atoms with Crippen molar-refractivity contribution in [3.05, 3.63) is 29.8 Å². The first-order valence-corrected chi connectivity index (χ1v) is 8.66. The van der Waals surface area contributed by atoms with Gasteiger partial charge in [-0.05, 0) is 43.5 Å². The maximum atomic E-state index is 12.3. The third-order valence-electron chi connectivity index (χ3n) is 4.65. The quantitative estimate of drug-likeness (QED) is 0.921. The van der Waals surface area contributed by atoms with Crippen molar-refractivity contribution in [2.45, 2.75) is 25.4 Å². The summed E-state index contributed by atoms with van der Waals surface area (Å²) in [6, 6.07) is 9.78. The molecule has 1 aromatic rings. The Balaban J connectivity index is 1.50. The minimum Gasteiger partial charge on any atom is -0.376 e. The van der Waals surface area contributed by atoms with Crippen molar-refractivity contribution in [2.24, 2.45) is 0 Å². The number of nitrogens with one attached hydrogen (secondary N) is 1. The average Bonchev–Trinajstić information content (AvgIpc) is 3.02. The molecular weight excluding hydrogens is 304 g/mol. The number of benzene rings is 1. The maximum Gasteiger partial charge on any atom is 0.317 e. The Hall–Kier alpha value is -2.26. The summed E-state index contributed by atoms with van der Waals surface area (Å²) in [7, 11) is 0. The van der Waals surface area contributed by atoms with Gasteiger partial charge in [-0.25, -0.2) is 4.79 Å². The summed E-state index contributed by atoms with van der Waals surface area (Å²) in [5.41, 5.74) is 1.78. The Morgan fingerprint density at radius 3 is 2.75 bits per heavy atom. The number of urea groups is 1. The molecule has 2 amide bonds. The van der Waals surface area contributed by atoms with Crippen molar-refractivity contribution in [3.8, 4) is 6.07 Å². The van der Waals surface area contributed by atoms with Gasteiger partial charge in [0.2, 0.25) is 0 Å². The molecule has 1 aromatic carbocycles. The molecule has 0 unspecified atom stereocenters. The summed E-state index contributed by atoms with van der Waals surface area (Å²) >= 11 is 0. The molecule has 0 aliphatic carbocycles. The lowest BCUT2D eigenvalue weighted by Gasteiger charge is -2.24. The monoisotopic (exact) mass is 328 g/mol. The Morgan fingerprint density at radius 1 is 1.21 bits per heavy atom. The largest absolute Gasteiger partial charge is 0.376 e. The van der Waals surface area contributed by atoms with E-state index in [-0.39, 0.29) is 12.1 Å². The van der Waals surface area contributed by atoms with E-state index in [1.807, 2.05) is 29.2 Å². The second-order valence-corrected chi connectivity index (χ2v) is 6.31. The Labute approximate surface area is 143 Å². The fraction of sp³-hybridized carbons (Fsp3) is 0.556. The fourth-order valence-electron chi connectivity index (χ4n) is 3.24. The van der Waals surface area contributed by atoms with Gasteiger partial charge < -0.3 is 19.9 Å². The summed E-state index contributed by atoms with van der Waals surface area (Å²) in [6.45, 7) is 4.61. The zero-order valence-electron chi connectivity index (χ0n) is 13.9. The van der Waals surface area contributed by atoms with Gasteiger partial charge >= 0.3 is 6.03 Å². The molecule has 24 heavy (non-hydrogen) atoms. The summed E-state index contributed by atoms with van der Waals surface area (Å²) in [5, 5.41) is 11.9. The van der Waals surface area contributed by atoms with E-state index >= 15 is 0 Å². The lowest BCUT2D eigenvalue weighted by atomic mass is 10.2. The molecule has 2 heterocycles. The predicted molar refractivity (Wildman–Crippen MR) is 91.9 cm³/mol. The molecule has 0 aromatic heterocycles. The molecule has 3 rings (SSSR count). The van der Waals surface area contributed by atoms with Crippen LogP contribution in [-0.4, -0.2) is 56.4 Å². The van der Waals surface area contributed by atoms with E-state index in [9.17, 15) is 4.79 Å². The molecular formula is C18H24N4O2. The van der Waals surface area contributed by atoms with Crippen LogP contribution in [-0.2, 0) is 4.74 Å². The minimum atomic E-state index is 0.00665. The van der Waals surface area contributed by atoms with Crippen LogP contribution in [0.2, 0.25) is 0 Å². The van der Waals surface area contributed by atoms with Crippen molar-refractivity contribution < 1.29 is 9.53 Å². The Kier molecular flexibility index (Phi) is 5.55. The molecule has 2 aliphatic rings. The highest BCUT2D eigenvalue weighted by molar-refractivity contribution is 5.74. The molecule has 2 fully saturated rings. The lowest BCUT2D eigenvalue weighted by Crippen LogP contribution is -2.44. The summed E-state index contributed by atoms with van der Waals surface area (Å²) < 4.78 is 5.54. The number of carbonyl (C=O) groups is 1. The van der Waals surface area contributed by atoms with Crippen molar-refractivity contribution >= 4 is 11.7 Å². The second-order valence-electron chi connectivity index (χ2n) is 6.31. The number of carbonyl (C=O) groups excluding carboxylic acids is 1. The number of ether oxygens (including phenoxy) is 1. The van der Waals surface area contributed by atoms with Gasteiger partial charge in [0.05, 0.1) is 17.7 Å². The van der Waals surface area contributed by atoms with Crippen molar-refractivity contribution in [2.75, 3.05) is 44.2 Å². The van der Waals surface area contributed by atoms with Crippen LogP contribution in [0.1, 0.15) is 24.8 Å². The molecule has 2 saturated heterocycles. The molecule has 128 valence electrons. The van der Waals surface area contributed by atoms with Gasteiger partial charge in [0.1, 0.15) is 0 Å². The summed E-state index contributed by atoms with van der Waals surface area (Å²) in [6.07, 6.45) is 3.24. The van der Waals surface area contributed by atoms with Crippen LogP contribution < -0.4 is 10.2 Å². The van der Waals surface area contributed by atoms with E-state index < -0.39 is 0 Å². The van der Waals surface area contributed by atoms with Crippen LogP contribution in [0.15, 0.2) is 24.3 Å². The van der Waals surface area contributed by atoms with Crippen LogP contribution in [0.5, 0.6) is 0 Å². The van der Waals surface area contributed by atoms with Gasteiger partial charge in [-0.15, -0.1) is 0 Å². The smallest absolute Gasteiger partial charge is 0.317 e. The fourth-order valence-corrected chi connectivity index (χ4v) is 3.24. The second kappa shape index (κ2) is 8.02. The van der Waals surface area contributed by atoms with Gasteiger partial charge in [0.15, 0.2) is 0 Å². The molecule has 6 heteroatoms. The third kappa shape index (κ3) is 4.18. The normalized spacial score (nSPS) is 21.2. The van der Waals surface area contributed by atoms with Gasteiger partial charge in [-0.2, -0.15) is 5.26 Å². The van der Waals surface area contributed by atoms with Gasteiger partial charge in [0, 0.05) is 45.0 Å². The number of hydrogen-bond donors (Lipinski definition) is 1. The van der Waals surface area contributed by atoms with Crippen LogP contribution in [0.4, 0.5) is 10.5 Å². The Bertz CT molecular complexity index is 590. The minimum absolute atomic E-state index is 0.00665. The molecule has 6 nitrogen and oxygen atoms in total. The zero-order chi connectivity index (χ0) is 16.8. The molecule has 0 spiro atoms. The first kappa shape index (κ1) is 16.6. The van der Waals surface area contributed by atoms with Crippen LogP contribution >= 0.6 is 0 Å². The van der Waals surface area contributed by atoms with E-state index in [2.05, 4.69) is 16.3 Å². The van der Waals surface area contributed by atoms with Gasteiger partial charge in [-0.3, -0.25) is 0 Å². The van der Waals surface area contributed by atoms with Crippen molar-refractivity contribution in [1.29, 1.82) is 5.26 Å². The topological polar surface area (TPSA) is 68.6 Å². The number of hydrogen-bond acceptors (Lipinski definition) is 4. The number of nitriles is 1.